The Morgan fingerprint density at radius 2 is 1.90 bits per heavy atom. The van der Waals surface area contributed by atoms with Gasteiger partial charge in [0, 0.05) is 29.5 Å². The van der Waals surface area contributed by atoms with Crippen LogP contribution in [-0.4, -0.2) is 38.5 Å². The minimum atomic E-state index is -3.54. The molecule has 0 saturated carbocycles. The molecular weight excluding hydrogens is 288 g/mol. The highest BCUT2D eigenvalue weighted by Crippen LogP contribution is 2.30. The van der Waals surface area contributed by atoms with Crippen LogP contribution in [-0.2, 0) is 14.8 Å². The van der Waals surface area contributed by atoms with Crippen molar-refractivity contribution in [2.75, 3.05) is 25.4 Å². The maximum absolute atomic E-state index is 12.9. The summed E-state index contributed by atoms with van der Waals surface area (Å²) in [5, 5.41) is 1.43. The van der Waals surface area contributed by atoms with E-state index in [0.717, 1.165) is 5.39 Å². The van der Waals surface area contributed by atoms with Crippen molar-refractivity contribution in [3.8, 4) is 0 Å². The van der Waals surface area contributed by atoms with Gasteiger partial charge in [0.2, 0.25) is 10.0 Å². The Kier molecular flexibility index (Phi) is 3.61. The Morgan fingerprint density at radius 1 is 1.19 bits per heavy atom. The van der Waals surface area contributed by atoms with Crippen LogP contribution in [0.5, 0.6) is 0 Å². The molecule has 1 fully saturated rings. The molecule has 0 radical (unpaired) electrons. The summed E-state index contributed by atoms with van der Waals surface area (Å²) in [4.78, 5) is 0.307. The van der Waals surface area contributed by atoms with Crippen molar-refractivity contribution in [3.05, 3.63) is 36.4 Å². The third-order valence-corrected chi connectivity index (χ3v) is 5.66. The standard InChI is InChI=1S/C15H18N2O3S/c1-11-10-17(8-9-20-11)21(18,19)15-7-6-14(16)12-4-2-3-5-13(12)15/h2-7,11H,8-10,16H2,1H3. The van der Waals surface area contributed by atoms with Gasteiger partial charge < -0.3 is 10.5 Å². The summed E-state index contributed by atoms with van der Waals surface area (Å²) in [7, 11) is -3.54. The molecule has 1 heterocycles. The molecule has 6 heteroatoms. The first kappa shape index (κ1) is 14.3. The van der Waals surface area contributed by atoms with Crippen molar-refractivity contribution < 1.29 is 13.2 Å². The van der Waals surface area contributed by atoms with E-state index in [4.69, 9.17) is 10.5 Å². The molecule has 0 bridgehead atoms. The molecule has 1 atom stereocenters. The molecule has 0 amide bonds. The fourth-order valence-corrected chi connectivity index (χ4v) is 4.36. The largest absolute Gasteiger partial charge is 0.398 e. The van der Waals surface area contributed by atoms with Gasteiger partial charge in [-0.25, -0.2) is 8.42 Å². The number of nitrogens with zero attached hydrogens (tertiary/aromatic N) is 1. The summed E-state index contributed by atoms with van der Waals surface area (Å²) in [5.41, 5.74) is 6.52. The summed E-state index contributed by atoms with van der Waals surface area (Å²) < 4.78 is 32.7. The number of nitrogens with two attached hydrogens (primary N) is 1. The maximum atomic E-state index is 12.9. The first-order valence-electron chi connectivity index (χ1n) is 6.89. The molecule has 2 N–H and O–H groups in total. The molecule has 2 aromatic carbocycles. The normalized spacial score (nSPS) is 20.7. The van der Waals surface area contributed by atoms with E-state index >= 15 is 0 Å². The molecule has 21 heavy (non-hydrogen) atoms. The highest BCUT2D eigenvalue weighted by Gasteiger charge is 2.30. The van der Waals surface area contributed by atoms with Crippen LogP contribution in [0.15, 0.2) is 41.3 Å². The average Bonchev–Trinajstić information content (AvgIpc) is 2.47. The van der Waals surface area contributed by atoms with Crippen molar-refractivity contribution in [2.45, 2.75) is 17.9 Å². The SMILES string of the molecule is CC1CN(S(=O)(=O)c2ccc(N)c3ccccc23)CCO1. The van der Waals surface area contributed by atoms with Gasteiger partial charge in [-0.15, -0.1) is 0 Å². The van der Waals surface area contributed by atoms with Crippen LogP contribution in [0.1, 0.15) is 6.92 Å². The third-order valence-electron chi connectivity index (χ3n) is 3.74. The molecule has 3 rings (SSSR count). The number of nitrogen functional groups attached to an aromatic ring is 1. The van der Waals surface area contributed by atoms with Crippen molar-refractivity contribution in [3.63, 3.8) is 0 Å². The molecule has 2 aromatic rings. The van der Waals surface area contributed by atoms with Crippen LogP contribution >= 0.6 is 0 Å². The Labute approximate surface area is 124 Å². The second-order valence-corrected chi connectivity index (χ2v) is 7.15. The number of anilines is 1. The van der Waals surface area contributed by atoms with Gasteiger partial charge in [-0.05, 0) is 19.1 Å². The van der Waals surface area contributed by atoms with E-state index in [9.17, 15) is 8.42 Å². The van der Waals surface area contributed by atoms with E-state index < -0.39 is 10.0 Å². The number of rotatable bonds is 2. The lowest BCUT2D eigenvalue weighted by molar-refractivity contribution is 0.0102. The maximum Gasteiger partial charge on any atom is 0.243 e. The summed E-state index contributed by atoms with van der Waals surface area (Å²) in [6.07, 6.45) is -0.0893. The summed E-state index contributed by atoms with van der Waals surface area (Å²) in [6, 6.07) is 10.6. The van der Waals surface area contributed by atoms with Crippen LogP contribution in [0.3, 0.4) is 0 Å². The van der Waals surface area contributed by atoms with Gasteiger partial charge in [-0.1, -0.05) is 24.3 Å². The lowest BCUT2D eigenvalue weighted by Gasteiger charge is -2.30. The number of hydrogen-bond acceptors (Lipinski definition) is 4. The molecule has 0 spiro atoms. The van der Waals surface area contributed by atoms with E-state index in [2.05, 4.69) is 0 Å². The number of benzene rings is 2. The van der Waals surface area contributed by atoms with Gasteiger partial charge in [0.15, 0.2) is 0 Å². The number of hydrogen-bond donors (Lipinski definition) is 1. The van der Waals surface area contributed by atoms with Gasteiger partial charge in [-0.3, -0.25) is 0 Å². The molecule has 5 nitrogen and oxygen atoms in total. The van der Waals surface area contributed by atoms with Crippen LogP contribution in [0, 0.1) is 0 Å². The fraction of sp³-hybridized carbons (Fsp3) is 0.333. The van der Waals surface area contributed by atoms with E-state index in [1.54, 1.807) is 18.2 Å². The Bertz CT molecular complexity index is 774. The fourth-order valence-electron chi connectivity index (χ4n) is 2.66. The zero-order valence-corrected chi connectivity index (χ0v) is 12.6. The smallest absolute Gasteiger partial charge is 0.243 e. The first-order chi connectivity index (χ1) is 10.00. The molecule has 1 aliphatic heterocycles. The predicted octanol–water partition coefficient (Wildman–Crippen LogP) is 1.83. The Balaban J connectivity index is 2.13. The third kappa shape index (κ3) is 2.50. The second-order valence-electron chi connectivity index (χ2n) is 5.24. The zero-order chi connectivity index (χ0) is 15.0. The molecular formula is C15H18N2O3S. The molecule has 0 aromatic heterocycles. The van der Waals surface area contributed by atoms with Crippen LogP contribution in [0.2, 0.25) is 0 Å². The molecule has 1 saturated heterocycles. The van der Waals surface area contributed by atoms with Crippen LogP contribution < -0.4 is 5.73 Å². The molecule has 0 aliphatic carbocycles. The predicted molar refractivity (Wildman–Crippen MR) is 82.5 cm³/mol. The van der Waals surface area contributed by atoms with Gasteiger partial charge in [0.05, 0.1) is 17.6 Å². The monoisotopic (exact) mass is 306 g/mol. The van der Waals surface area contributed by atoms with Gasteiger partial charge in [-0.2, -0.15) is 4.31 Å². The highest BCUT2D eigenvalue weighted by molar-refractivity contribution is 7.89. The number of fused-ring (bicyclic) bond motifs is 1. The number of morpholine rings is 1. The summed E-state index contributed by atoms with van der Waals surface area (Å²) in [5.74, 6) is 0. The lowest BCUT2D eigenvalue weighted by atomic mass is 10.1. The van der Waals surface area contributed by atoms with E-state index in [1.165, 1.54) is 4.31 Å². The molecule has 1 unspecified atom stereocenters. The minimum absolute atomic E-state index is 0.0893. The van der Waals surface area contributed by atoms with E-state index in [1.807, 2.05) is 25.1 Å². The summed E-state index contributed by atoms with van der Waals surface area (Å²) in [6.45, 7) is 3.06. The van der Waals surface area contributed by atoms with Gasteiger partial charge in [0.1, 0.15) is 0 Å². The van der Waals surface area contributed by atoms with Crippen molar-refractivity contribution in [1.29, 1.82) is 0 Å². The minimum Gasteiger partial charge on any atom is -0.398 e. The topological polar surface area (TPSA) is 72.6 Å². The molecule has 112 valence electrons. The number of ether oxygens (including phenoxy) is 1. The first-order valence-corrected chi connectivity index (χ1v) is 8.33. The van der Waals surface area contributed by atoms with E-state index in [-0.39, 0.29) is 6.10 Å². The Hall–Kier alpha value is -1.63. The zero-order valence-electron chi connectivity index (χ0n) is 11.8. The average molecular weight is 306 g/mol. The quantitative estimate of drug-likeness (QED) is 0.859. The van der Waals surface area contributed by atoms with Crippen LogP contribution in [0.4, 0.5) is 5.69 Å². The number of sulfonamides is 1. The summed E-state index contributed by atoms with van der Waals surface area (Å²) >= 11 is 0. The van der Waals surface area contributed by atoms with Crippen molar-refractivity contribution >= 4 is 26.5 Å². The van der Waals surface area contributed by atoms with Crippen LogP contribution in [0.25, 0.3) is 10.8 Å². The highest BCUT2D eigenvalue weighted by atomic mass is 32.2. The second kappa shape index (κ2) is 5.29. The lowest BCUT2D eigenvalue weighted by Crippen LogP contribution is -2.44. The van der Waals surface area contributed by atoms with E-state index in [0.29, 0.717) is 35.7 Å². The Morgan fingerprint density at radius 3 is 2.62 bits per heavy atom. The van der Waals surface area contributed by atoms with Crippen molar-refractivity contribution in [2.24, 2.45) is 0 Å². The van der Waals surface area contributed by atoms with Gasteiger partial charge >= 0.3 is 0 Å². The van der Waals surface area contributed by atoms with Gasteiger partial charge in [0.25, 0.3) is 0 Å². The molecule has 1 aliphatic rings. The van der Waals surface area contributed by atoms with Crippen molar-refractivity contribution in [1.82, 2.24) is 4.31 Å².